The summed E-state index contributed by atoms with van der Waals surface area (Å²) in [6.45, 7) is 1.45. The van der Waals surface area contributed by atoms with Gasteiger partial charge in [0.15, 0.2) is 17.3 Å². The molecule has 0 aliphatic rings. The number of hydrogen-bond acceptors (Lipinski definition) is 10. The molecule has 0 saturated carbocycles. The number of aliphatic carboxylic acids is 1. The number of nitrogen functional groups attached to an aromatic ring is 1. The Morgan fingerprint density at radius 1 is 1.18 bits per heavy atom. The lowest BCUT2D eigenvalue weighted by Crippen LogP contribution is -2.18. The van der Waals surface area contributed by atoms with E-state index in [-0.39, 0.29) is 18.4 Å². The predicted molar refractivity (Wildman–Crippen MR) is 146 cm³/mol. The average molecular weight is 551 g/mol. The number of hydrogen-bond donors (Lipinski definition) is 6. The molecule has 0 amide bonds. The fourth-order valence-corrected chi connectivity index (χ4v) is 3.46. The second kappa shape index (κ2) is 14.1. The highest BCUT2D eigenvalue weighted by atomic mass is 16.5. The molecule has 0 bridgehead atoms. The van der Waals surface area contributed by atoms with Gasteiger partial charge >= 0.3 is 5.69 Å². The first-order chi connectivity index (χ1) is 19.2. The Hall–Kier alpha value is -5.24. The van der Waals surface area contributed by atoms with Crippen molar-refractivity contribution in [2.24, 2.45) is 5.73 Å². The summed E-state index contributed by atoms with van der Waals surface area (Å²) >= 11 is 0. The lowest BCUT2D eigenvalue weighted by Gasteiger charge is -2.20. The van der Waals surface area contributed by atoms with Crippen molar-refractivity contribution in [1.82, 2.24) is 24.7 Å². The number of H-pyrrole nitrogens is 1. The number of carbonyl (C=O) groups is 1. The molecule has 0 spiro atoms. The molecule has 4 rings (SSSR count). The van der Waals surface area contributed by atoms with E-state index in [1.165, 1.54) is 19.5 Å². The summed E-state index contributed by atoms with van der Waals surface area (Å²) in [5.41, 5.74) is 7.10. The Labute approximate surface area is 229 Å². The number of aliphatic hydroxyl groups excluding tert-OH is 1. The van der Waals surface area contributed by atoms with Crippen LogP contribution >= 0.6 is 0 Å². The summed E-state index contributed by atoms with van der Waals surface area (Å²) in [4.78, 5) is 32.7. The fourth-order valence-electron chi connectivity index (χ4n) is 3.46. The molecule has 4 aromatic rings. The maximum atomic E-state index is 12.7. The van der Waals surface area contributed by atoms with Crippen LogP contribution in [0.3, 0.4) is 0 Å². The van der Waals surface area contributed by atoms with E-state index in [1.807, 2.05) is 6.07 Å². The number of anilines is 1. The SMILES string of the molecule is CC(=O)O.COc1cc(C(Nc2ccc(C(=N)N)cc2)c2nn(-c3ncccn3)c(=O)[nH]2)ccc1OCCCO. The molecule has 2 heterocycles. The van der Waals surface area contributed by atoms with Crippen molar-refractivity contribution in [3.05, 3.63) is 88.4 Å². The monoisotopic (exact) mass is 550 g/mol. The lowest BCUT2D eigenvalue weighted by molar-refractivity contribution is -0.134. The molecule has 0 saturated heterocycles. The molecule has 1 unspecified atom stereocenters. The van der Waals surface area contributed by atoms with Gasteiger partial charge in [-0.2, -0.15) is 0 Å². The van der Waals surface area contributed by atoms with Gasteiger partial charge in [0.1, 0.15) is 11.9 Å². The van der Waals surface area contributed by atoms with Crippen LogP contribution in [0.15, 0.2) is 65.7 Å². The maximum absolute atomic E-state index is 12.7. The second-order valence-corrected chi connectivity index (χ2v) is 8.20. The van der Waals surface area contributed by atoms with Crippen LogP contribution in [0.4, 0.5) is 5.69 Å². The maximum Gasteiger partial charge on any atom is 0.350 e. The summed E-state index contributed by atoms with van der Waals surface area (Å²) in [5, 5.41) is 31.9. The molecule has 1 atom stereocenters. The van der Waals surface area contributed by atoms with E-state index in [2.05, 4.69) is 25.4 Å². The van der Waals surface area contributed by atoms with Crippen LogP contribution < -0.4 is 26.2 Å². The van der Waals surface area contributed by atoms with E-state index in [0.717, 1.165) is 17.2 Å². The van der Waals surface area contributed by atoms with Gasteiger partial charge in [-0.15, -0.1) is 9.78 Å². The number of nitrogens with two attached hydrogens (primary N) is 1. The van der Waals surface area contributed by atoms with Gasteiger partial charge in [-0.3, -0.25) is 15.2 Å². The number of nitrogens with zero attached hydrogens (tertiary/aromatic N) is 4. The van der Waals surface area contributed by atoms with Crippen molar-refractivity contribution in [3.8, 4) is 17.4 Å². The quantitative estimate of drug-likeness (QED) is 0.0897. The number of ether oxygens (including phenoxy) is 2. The summed E-state index contributed by atoms with van der Waals surface area (Å²) in [7, 11) is 1.53. The molecule has 14 nitrogen and oxygen atoms in total. The highest BCUT2D eigenvalue weighted by Gasteiger charge is 2.22. The van der Waals surface area contributed by atoms with Crippen LogP contribution in [0.2, 0.25) is 0 Å². The lowest BCUT2D eigenvalue weighted by atomic mass is 10.0. The highest BCUT2D eigenvalue weighted by Crippen LogP contribution is 2.33. The van der Waals surface area contributed by atoms with E-state index in [0.29, 0.717) is 41.6 Å². The van der Waals surface area contributed by atoms with Crippen LogP contribution in [0, 0.1) is 5.41 Å². The minimum absolute atomic E-state index is 0.0238. The number of aromatic nitrogens is 5. The van der Waals surface area contributed by atoms with Gasteiger partial charge in [0.25, 0.3) is 11.9 Å². The normalized spacial score (nSPS) is 11.1. The van der Waals surface area contributed by atoms with Gasteiger partial charge in [0, 0.05) is 43.6 Å². The Morgan fingerprint density at radius 2 is 1.85 bits per heavy atom. The second-order valence-electron chi connectivity index (χ2n) is 8.20. The van der Waals surface area contributed by atoms with Gasteiger partial charge in [0.05, 0.1) is 13.7 Å². The van der Waals surface area contributed by atoms with Gasteiger partial charge in [-0.05, 0) is 48.0 Å². The first-order valence-corrected chi connectivity index (χ1v) is 12.0. The predicted octanol–water partition coefficient (Wildman–Crippen LogP) is 1.70. The van der Waals surface area contributed by atoms with Gasteiger partial charge in [-0.1, -0.05) is 6.07 Å². The molecule has 7 N–H and O–H groups in total. The first kappa shape index (κ1) is 29.3. The van der Waals surface area contributed by atoms with E-state index < -0.39 is 17.7 Å². The van der Waals surface area contributed by atoms with E-state index in [1.54, 1.807) is 42.5 Å². The zero-order chi connectivity index (χ0) is 29.1. The Bertz CT molecular complexity index is 1470. The number of amidine groups is 1. The van der Waals surface area contributed by atoms with Gasteiger partial charge in [-0.25, -0.2) is 14.8 Å². The third-order valence-corrected chi connectivity index (χ3v) is 5.24. The van der Waals surface area contributed by atoms with Crippen molar-refractivity contribution in [2.75, 3.05) is 25.6 Å². The number of methoxy groups -OCH3 is 1. The topological polar surface area (TPSA) is 214 Å². The van der Waals surface area contributed by atoms with Crippen molar-refractivity contribution in [3.63, 3.8) is 0 Å². The third kappa shape index (κ3) is 7.88. The number of carboxylic acids is 1. The number of aliphatic hydroxyl groups is 1. The van der Waals surface area contributed by atoms with Crippen molar-refractivity contribution < 1.29 is 24.5 Å². The standard InChI is InChI=1S/C24H26N8O4.C2H4O2/c1-35-19-14-16(6-9-18(19)36-13-3-12-33)20(29-17-7-4-15(5-8-17)21(25)26)22-30-24(34)32(31-22)23-27-10-2-11-28-23;1-2(3)4/h2,4-11,14,20,29,33H,3,12-13H2,1H3,(H3,25,26)(H,30,31,34);1H3,(H,3,4). The van der Waals surface area contributed by atoms with Gasteiger partial charge < -0.3 is 30.7 Å². The van der Waals surface area contributed by atoms with Crippen LogP contribution in [0.25, 0.3) is 5.95 Å². The highest BCUT2D eigenvalue weighted by molar-refractivity contribution is 5.95. The summed E-state index contributed by atoms with van der Waals surface area (Å²) in [6.07, 6.45) is 3.54. The number of benzene rings is 2. The molecule has 0 fully saturated rings. The fraction of sp³-hybridized carbons (Fsp3) is 0.231. The van der Waals surface area contributed by atoms with Crippen LogP contribution in [-0.4, -0.2) is 67.1 Å². The number of aromatic amines is 1. The molecule has 0 aliphatic carbocycles. The van der Waals surface area contributed by atoms with Gasteiger partial charge in [0.2, 0.25) is 0 Å². The Kier molecular flexibility index (Phi) is 10.3. The molecule has 210 valence electrons. The molecule has 0 radical (unpaired) electrons. The number of carboxylic acid groups (broad SMARTS) is 1. The smallest absolute Gasteiger partial charge is 0.350 e. The van der Waals surface area contributed by atoms with Crippen molar-refractivity contribution in [1.29, 1.82) is 5.41 Å². The summed E-state index contributed by atoms with van der Waals surface area (Å²) in [5.74, 6) is 0.595. The zero-order valence-electron chi connectivity index (χ0n) is 21.9. The zero-order valence-corrected chi connectivity index (χ0v) is 21.9. The molecule has 40 heavy (non-hydrogen) atoms. The molecule has 2 aromatic heterocycles. The minimum Gasteiger partial charge on any atom is -0.493 e. The van der Waals surface area contributed by atoms with E-state index >= 15 is 0 Å². The van der Waals surface area contributed by atoms with E-state index in [4.69, 9.17) is 35.6 Å². The number of nitrogens with one attached hydrogen (secondary N) is 3. The Balaban J connectivity index is 0.00000103. The minimum atomic E-state index is -0.833. The molecule has 0 aliphatic heterocycles. The van der Waals surface area contributed by atoms with Crippen LogP contribution in [-0.2, 0) is 4.79 Å². The largest absolute Gasteiger partial charge is 0.493 e. The summed E-state index contributed by atoms with van der Waals surface area (Å²) < 4.78 is 12.3. The van der Waals surface area contributed by atoms with Crippen LogP contribution in [0.5, 0.6) is 11.5 Å². The average Bonchev–Trinajstić information content (AvgIpc) is 3.33. The van der Waals surface area contributed by atoms with Crippen LogP contribution in [0.1, 0.15) is 36.3 Å². The Morgan fingerprint density at radius 3 is 2.45 bits per heavy atom. The van der Waals surface area contributed by atoms with Crippen molar-refractivity contribution in [2.45, 2.75) is 19.4 Å². The first-order valence-electron chi connectivity index (χ1n) is 12.0. The molecular formula is C26H30N8O6. The molecule has 2 aromatic carbocycles. The number of rotatable bonds is 11. The molecule has 14 heteroatoms. The molecular weight excluding hydrogens is 520 g/mol. The van der Waals surface area contributed by atoms with Crippen molar-refractivity contribution >= 4 is 17.5 Å². The van der Waals surface area contributed by atoms with E-state index in [9.17, 15) is 4.79 Å². The third-order valence-electron chi connectivity index (χ3n) is 5.24. The summed E-state index contributed by atoms with van der Waals surface area (Å²) in [6, 6.07) is 13.4.